The van der Waals surface area contributed by atoms with Crippen LogP contribution < -0.4 is 4.90 Å². The zero-order valence-electron chi connectivity index (χ0n) is 10.7. The van der Waals surface area contributed by atoms with Crippen molar-refractivity contribution < 1.29 is 22.7 Å². The van der Waals surface area contributed by atoms with Crippen LogP contribution in [0.2, 0.25) is 5.02 Å². The van der Waals surface area contributed by atoms with Gasteiger partial charge < -0.3 is 9.64 Å². The van der Waals surface area contributed by atoms with Gasteiger partial charge in [-0.3, -0.25) is 0 Å². The van der Waals surface area contributed by atoms with E-state index < -0.39 is 23.8 Å². The minimum absolute atomic E-state index is 0.189. The van der Waals surface area contributed by atoms with Gasteiger partial charge in [0.1, 0.15) is 6.04 Å². The standard InChI is InChI=1S/C13H13ClF3NO2/c1-20-12(19)10-3-2-6-18(10)11-7-8(13(15,16)17)4-5-9(11)14/h4-5,7,10H,2-3,6H2,1H3/t10-/m0/s1. The third kappa shape index (κ3) is 2.85. The Morgan fingerprint density at radius 1 is 1.45 bits per heavy atom. The van der Waals surface area contributed by atoms with Crippen LogP contribution in [-0.2, 0) is 15.7 Å². The van der Waals surface area contributed by atoms with Gasteiger partial charge in [-0.1, -0.05) is 11.6 Å². The molecule has 0 aromatic heterocycles. The summed E-state index contributed by atoms with van der Waals surface area (Å²) < 4.78 is 42.9. The number of carbonyl (C=O) groups excluding carboxylic acids is 1. The van der Waals surface area contributed by atoms with E-state index in [1.807, 2.05) is 0 Å². The van der Waals surface area contributed by atoms with Crippen molar-refractivity contribution in [2.45, 2.75) is 25.1 Å². The van der Waals surface area contributed by atoms with Crippen LogP contribution in [0.4, 0.5) is 18.9 Å². The number of hydrogen-bond acceptors (Lipinski definition) is 3. The lowest BCUT2D eigenvalue weighted by molar-refractivity contribution is -0.142. The molecule has 3 nitrogen and oxygen atoms in total. The zero-order chi connectivity index (χ0) is 14.9. The van der Waals surface area contributed by atoms with E-state index in [4.69, 9.17) is 11.6 Å². The van der Waals surface area contributed by atoms with Gasteiger partial charge in [0, 0.05) is 6.54 Å². The van der Waals surface area contributed by atoms with E-state index in [1.165, 1.54) is 13.2 Å². The Balaban J connectivity index is 2.38. The molecule has 0 saturated carbocycles. The summed E-state index contributed by atoms with van der Waals surface area (Å²) in [5, 5.41) is 0.189. The fraction of sp³-hybridized carbons (Fsp3) is 0.462. The molecule has 1 saturated heterocycles. The third-order valence-electron chi connectivity index (χ3n) is 3.31. The van der Waals surface area contributed by atoms with E-state index in [0.717, 1.165) is 12.1 Å². The van der Waals surface area contributed by atoms with Gasteiger partial charge in [0.2, 0.25) is 0 Å². The molecule has 0 bridgehead atoms. The number of rotatable bonds is 2. The van der Waals surface area contributed by atoms with Gasteiger partial charge >= 0.3 is 12.1 Å². The largest absolute Gasteiger partial charge is 0.467 e. The van der Waals surface area contributed by atoms with E-state index in [1.54, 1.807) is 4.90 Å². The van der Waals surface area contributed by atoms with Gasteiger partial charge in [-0.25, -0.2) is 4.79 Å². The summed E-state index contributed by atoms with van der Waals surface area (Å²) in [6, 6.07) is 2.52. The fourth-order valence-corrected chi connectivity index (χ4v) is 2.57. The Morgan fingerprint density at radius 2 is 2.15 bits per heavy atom. The first-order valence-corrected chi connectivity index (χ1v) is 6.43. The first-order valence-electron chi connectivity index (χ1n) is 6.06. The predicted octanol–water partition coefficient (Wildman–Crippen LogP) is 3.50. The number of hydrogen-bond donors (Lipinski definition) is 0. The van der Waals surface area contributed by atoms with Crippen molar-refractivity contribution >= 4 is 23.3 Å². The highest BCUT2D eigenvalue weighted by Crippen LogP contribution is 2.38. The van der Waals surface area contributed by atoms with Crippen LogP contribution in [-0.4, -0.2) is 25.7 Å². The predicted molar refractivity (Wildman–Crippen MR) is 68.8 cm³/mol. The summed E-state index contributed by atoms with van der Waals surface area (Å²) in [6.45, 7) is 0.473. The van der Waals surface area contributed by atoms with Crippen LogP contribution >= 0.6 is 11.6 Å². The zero-order valence-corrected chi connectivity index (χ0v) is 11.5. The highest BCUT2D eigenvalue weighted by Gasteiger charge is 2.35. The Labute approximate surface area is 119 Å². The maximum absolute atomic E-state index is 12.8. The van der Waals surface area contributed by atoms with Crippen molar-refractivity contribution in [3.8, 4) is 0 Å². The lowest BCUT2D eigenvalue weighted by Gasteiger charge is -2.26. The summed E-state index contributed by atoms with van der Waals surface area (Å²) in [5.74, 6) is -0.462. The maximum atomic E-state index is 12.8. The topological polar surface area (TPSA) is 29.5 Å². The van der Waals surface area contributed by atoms with Crippen molar-refractivity contribution in [1.82, 2.24) is 0 Å². The summed E-state index contributed by atoms with van der Waals surface area (Å²) in [4.78, 5) is 13.2. The fourth-order valence-electron chi connectivity index (χ4n) is 2.35. The third-order valence-corrected chi connectivity index (χ3v) is 3.63. The first-order chi connectivity index (χ1) is 9.34. The Hall–Kier alpha value is -1.43. The minimum Gasteiger partial charge on any atom is -0.467 e. The molecule has 1 heterocycles. The van der Waals surface area contributed by atoms with E-state index in [-0.39, 0.29) is 10.7 Å². The monoisotopic (exact) mass is 307 g/mol. The number of methoxy groups -OCH3 is 1. The Kier molecular flexibility index (Phi) is 4.13. The molecule has 0 amide bonds. The number of alkyl halides is 3. The van der Waals surface area contributed by atoms with Crippen LogP contribution in [0.25, 0.3) is 0 Å². The summed E-state index contributed by atoms with van der Waals surface area (Å²) in [6.07, 6.45) is -3.20. The van der Waals surface area contributed by atoms with Crippen molar-refractivity contribution in [3.05, 3.63) is 28.8 Å². The number of carbonyl (C=O) groups is 1. The second kappa shape index (κ2) is 5.52. The van der Waals surface area contributed by atoms with Crippen LogP contribution in [0.1, 0.15) is 18.4 Å². The van der Waals surface area contributed by atoms with Gasteiger partial charge in [-0.05, 0) is 31.0 Å². The summed E-state index contributed by atoms with van der Waals surface area (Å²) in [5.41, 5.74) is -0.568. The minimum atomic E-state index is -4.44. The summed E-state index contributed by atoms with van der Waals surface area (Å²) in [7, 11) is 1.26. The van der Waals surface area contributed by atoms with Crippen molar-refractivity contribution in [2.75, 3.05) is 18.6 Å². The maximum Gasteiger partial charge on any atom is 0.416 e. The van der Waals surface area contributed by atoms with Crippen molar-refractivity contribution in [1.29, 1.82) is 0 Å². The molecule has 7 heteroatoms. The smallest absolute Gasteiger partial charge is 0.416 e. The molecule has 1 atom stereocenters. The van der Waals surface area contributed by atoms with E-state index in [2.05, 4.69) is 4.74 Å². The average molecular weight is 308 g/mol. The van der Waals surface area contributed by atoms with Crippen molar-refractivity contribution in [2.24, 2.45) is 0 Å². The highest BCUT2D eigenvalue weighted by atomic mass is 35.5. The molecule has 0 aliphatic carbocycles. The number of benzene rings is 1. The van der Waals surface area contributed by atoms with Crippen LogP contribution in [0.3, 0.4) is 0 Å². The molecule has 1 aliphatic rings. The number of anilines is 1. The van der Waals surface area contributed by atoms with Gasteiger partial charge in [0.15, 0.2) is 0 Å². The Bertz CT molecular complexity index is 519. The molecule has 1 aromatic rings. The Morgan fingerprint density at radius 3 is 2.75 bits per heavy atom. The quantitative estimate of drug-likeness (QED) is 0.783. The second-order valence-corrected chi connectivity index (χ2v) is 4.95. The van der Waals surface area contributed by atoms with Gasteiger partial charge in [0.05, 0.1) is 23.4 Å². The SMILES string of the molecule is COC(=O)[C@@H]1CCCN1c1cc(C(F)(F)F)ccc1Cl. The number of esters is 1. The van der Waals surface area contributed by atoms with Gasteiger partial charge in [0.25, 0.3) is 0 Å². The molecule has 110 valence electrons. The molecule has 2 rings (SSSR count). The molecule has 0 unspecified atom stereocenters. The second-order valence-electron chi connectivity index (χ2n) is 4.54. The number of nitrogens with zero attached hydrogens (tertiary/aromatic N) is 1. The lowest BCUT2D eigenvalue weighted by atomic mass is 10.1. The van der Waals surface area contributed by atoms with Gasteiger partial charge in [-0.2, -0.15) is 13.2 Å². The van der Waals surface area contributed by atoms with Crippen LogP contribution in [0.15, 0.2) is 18.2 Å². The summed E-state index contributed by atoms with van der Waals surface area (Å²) >= 11 is 5.98. The van der Waals surface area contributed by atoms with Crippen LogP contribution in [0, 0.1) is 0 Å². The average Bonchev–Trinajstić information content (AvgIpc) is 2.86. The molecule has 0 spiro atoms. The van der Waals surface area contributed by atoms with E-state index in [0.29, 0.717) is 19.4 Å². The van der Waals surface area contributed by atoms with Gasteiger partial charge in [-0.15, -0.1) is 0 Å². The van der Waals surface area contributed by atoms with E-state index >= 15 is 0 Å². The van der Waals surface area contributed by atoms with Crippen LogP contribution in [0.5, 0.6) is 0 Å². The molecular formula is C13H13ClF3NO2. The molecular weight excluding hydrogens is 295 g/mol. The molecule has 1 aliphatic heterocycles. The molecule has 1 fully saturated rings. The number of halogens is 4. The first kappa shape index (κ1) is 15.0. The van der Waals surface area contributed by atoms with Crippen molar-refractivity contribution in [3.63, 3.8) is 0 Å². The molecule has 20 heavy (non-hydrogen) atoms. The number of ether oxygens (including phenoxy) is 1. The normalized spacial score (nSPS) is 19.2. The highest BCUT2D eigenvalue weighted by molar-refractivity contribution is 6.33. The molecule has 1 aromatic carbocycles. The molecule has 0 N–H and O–H groups in total. The lowest BCUT2D eigenvalue weighted by Crippen LogP contribution is -2.37. The molecule has 0 radical (unpaired) electrons. The van der Waals surface area contributed by atoms with E-state index in [9.17, 15) is 18.0 Å².